The summed E-state index contributed by atoms with van der Waals surface area (Å²) in [7, 11) is 0. The van der Waals surface area contributed by atoms with Crippen LogP contribution < -0.4 is 5.73 Å². The summed E-state index contributed by atoms with van der Waals surface area (Å²) in [6.45, 7) is 1.11. The van der Waals surface area contributed by atoms with Gasteiger partial charge in [0, 0.05) is 12.7 Å². The van der Waals surface area contributed by atoms with Gasteiger partial charge in [-0.2, -0.15) is 0 Å². The number of ether oxygens (including phenoxy) is 1. The monoisotopic (exact) mass is 242 g/mol. The first kappa shape index (κ1) is 12.7. The third-order valence-corrected chi connectivity index (χ3v) is 2.78. The second-order valence-electron chi connectivity index (χ2n) is 4.09. The summed E-state index contributed by atoms with van der Waals surface area (Å²) in [5, 5.41) is 0. The lowest BCUT2D eigenvalue weighted by Crippen LogP contribution is -2.18. The number of aromatic nitrogens is 1. The molecule has 3 nitrogen and oxygen atoms in total. The van der Waals surface area contributed by atoms with E-state index in [2.05, 4.69) is 17.1 Å². The molecular weight excluding hydrogens is 224 g/mol. The highest BCUT2D eigenvalue weighted by molar-refractivity contribution is 5.14. The van der Waals surface area contributed by atoms with Gasteiger partial charge in [-0.3, -0.25) is 4.98 Å². The van der Waals surface area contributed by atoms with Crippen molar-refractivity contribution in [3.63, 3.8) is 0 Å². The zero-order chi connectivity index (χ0) is 12.6. The molecule has 0 saturated heterocycles. The van der Waals surface area contributed by atoms with Gasteiger partial charge in [0.15, 0.2) is 0 Å². The van der Waals surface area contributed by atoms with Gasteiger partial charge in [0.05, 0.1) is 12.3 Å². The van der Waals surface area contributed by atoms with E-state index < -0.39 is 0 Å². The summed E-state index contributed by atoms with van der Waals surface area (Å²) in [5.74, 6) is 0. The summed E-state index contributed by atoms with van der Waals surface area (Å²) < 4.78 is 5.79. The Hall–Kier alpha value is -1.71. The molecule has 0 aliphatic rings. The summed E-state index contributed by atoms with van der Waals surface area (Å²) in [4.78, 5) is 4.27. The molecule has 1 unspecified atom stereocenters. The molecule has 0 bridgehead atoms. The topological polar surface area (TPSA) is 48.1 Å². The molecule has 1 heterocycles. The Bertz CT molecular complexity index is 445. The number of nitrogens with zero attached hydrogens (tertiary/aromatic N) is 1. The predicted molar refractivity (Wildman–Crippen MR) is 72.1 cm³/mol. The fourth-order valence-corrected chi connectivity index (χ4v) is 1.80. The Balaban J connectivity index is 1.85. The lowest BCUT2D eigenvalue weighted by Gasteiger charge is -2.15. The lowest BCUT2D eigenvalue weighted by molar-refractivity contribution is 0.0580. The van der Waals surface area contributed by atoms with Gasteiger partial charge in [0.2, 0.25) is 0 Å². The van der Waals surface area contributed by atoms with Crippen LogP contribution in [-0.2, 0) is 11.2 Å². The molecule has 0 amide bonds. The highest BCUT2D eigenvalue weighted by Crippen LogP contribution is 2.13. The van der Waals surface area contributed by atoms with Crippen molar-refractivity contribution in [1.82, 2.24) is 4.98 Å². The summed E-state index contributed by atoms with van der Waals surface area (Å²) in [6.07, 6.45) is 2.54. The normalized spacial score (nSPS) is 12.3. The molecule has 1 atom stereocenters. The smallest absolute Gasteiger partial charge is 0.112 e. The van der Waals surface area contributed by atoms with Crippen LogP contribution in [0.25, 0.3) is 0 Å². The Labute approximate surface area is 108 Å². The summed E-state index contributed by atoms with van der Waals surface area (Å²) >= 11 is 0. The zero-order valence-electron chi connectivity index (χ0n) is 10.3. The Morgan fingerprint density at radius 1 is 1.06 bits per heavy atom. The van der Waals surface area contributed by atoms with Crippen LogP contribution in [-0.4, -0.2) is 18.1 Å². The maximum absolute atomic E-state index is 5.79. The SMILES string of the molecule is NCC(OCCc1ccccc1)c1ccccn1. The summed E-state index contributed by atoms with van der Waals surface area (Å²) in [6, 6.07) is 16.1. The molecule has 18 heavy (non-hydrogen) atoms. The number of hydrogen-bond donors (Lipinski definition) is 1. The molecule has 1 aromatic carbocycles. The molecule has 0 spiro atoms. The van der Waals surface area contributed by atoms with Crippen LogP contribution in [0.4, 0.5) is 0 Å². The van der Waals surface area contributed by atoms with E-state index in [9.17, 15) is 0 Å². The van der Waals surface area contributed by atoms with Gasteiger partial charge in [-0.05, 0) is 24.1 Å². The maximum Gasteiger partial charge on any atom is 0.112 e. The molecule has 1 aromatic heterocycles. The van der Waals surface area contributed by atoms with Crippen LogP contribution in [0, 0.1) is 0 Å². The van der Waals surface area contributed by atoms with Gasteiger partial charge in [0.1, 0.15) is 6.10 Å². The van der Waals surface area contributed by atoms with E-state index in [-0.39, 0.29) is 6.10 Å². The lowest BCUT2D eigenvalue weighted by atomic mass is 10.1. The maximum atomic E-state index is 5.79. The second kappa shape index (κ2) is 6.89. The molecule has 2 rings (SSSR count). The standard InChI is InChI=1S/C15H18N2O/c16-12-15(14-8-4-5-10-17-14)18-11-9-13-6-2-1-3-7-13/h1-8,10,15H,9,11-12,16H2. The minimum Gasteiger partial charge on any atom is -0.370 e. The first-order chi connectivity index (χ1) is 8.90. The minimum atomic E-state index is -0.116. The third-order valence-electron chi connectivity index (χ3n) is 2.78. The van der Waals surface area contributed by atoms with E-state index in [1.54, 1.807) is 6.20 Å². The summed E-state index contributed by atoms with van der Waals surface area (Å²) in [5.41, 5.74) is 7.89. The van der Waals surface area contributed by atoms with E-state index in [1.165, 1.54) is 5.56 Å². The van der Waals surface area contributed by atoms with Crippen LogP contribution in [0.15, 0.2) is 54.7 Å². The Kier molecular flexibility index (Phi) is 4.88. The number of rotatable bonds is 6. The number of pyridine rings is 1. The Morgan fingerprint density at radius 3 is 2.50 bits per heavy atom. The molecule has 3 heteroatoms. The van der Waals surface area contributed by atoms with Gasteiger partial charge in [-0.1, -0.05) is 36.4 Å². The van der Waals surface area contributed by atoms with Gasteiger partial charge in [-0.15, -0.1) is 0 Å². The van der Waals surface area contributed by atoms with Gasteiger partial charge < -0.3 is 10.5 Å². The van der Waals surface area contributed by atoms with Crippen molar-refractivity contribution >= 4 is 0 Å². The van der Waals surface area contributed by atoms with Crippen LogP contribution in [0.2, 0.25) is 0 Å². The molecule has 0 saturated carbocycles. The van der Waals surface area contributed by atoms with Gasteiger partial charge in [0.25, 0.3) is 0 Å². The van der Waals surface area contributed by atoms with Crippen LogP contribution in [0.3, 0.4) is 0 Å². The fraction of sp³-hybridized carbons (Fsp3) is 0.267. The van der Waals surface area contributed by atoms with Crippen LogP contribution in [0.5, 0.6) is 0 Å². The average Bonchev–Trinajstić information content (AvgIpc) is 2.46. The number of nitrogens with two attached hydrogens (primary N) is 1. The van der Waals surface area contributed by atoms with E-state index in [0.717, 1.165) is 12.1 Å². The van der Waals surface area contributed by atoms with Crippen molar-refractivity contribution in [3.8, 4) is 0 Å². The largest absolute Gasteiger partial charge is 0.370 e. The molecular formula is C15H18N2O. The van der Waals surface area contributed by atoms with Crippen molar-refractivity contribution in [1.29, 1.82) is 0 Å². The number of benzene rings is 1. The van der Waals surface area contributed by atoms with Crippen molar-refractivity contribution in [2.45, 2.75) is 12.5 Å². The fourth-order valence-electron chi connectivity index (χ4n) is 1.80. The quantitative estimate of drug-likeness (QED) is 0.845. The first-order valence-electron chi connectivity index (χ1n) is 6.16. The van der Waals surface area contributed by atoms with E-state index >= 15 is 0 Å². The first-order valence-corrected chi connectivity index (χ1v) is 6.16. The minimum absolute atomic E-state index is 0.116. The van der Waals surface area contributed by atoms with Gasteiger partial charge >= 0.3 is 0 Å². The van der Waals surface area contributed by atoms with Crippen LogP contribution in [0.1, 0.15) is 17.4 Å². The van der Waals surface area contributed by atoms with Crippen molar-refractivity contribution < 1.29 is 4.74 Å². The molecule has 0 fully saturated rings. The average molecular weight is 242 g/mol. The third kappa shape index (κ3) is 3.65. The van der Waals surface area contributed by atoms with E-state index in [0.29, 0.717) is 13.2 Å². The Morgan fingerprint density at radius 2 is 1.83 bits per heavy atom. The van der Waals surface area contributed by atoms with Crippen LogP contribution >= 0.6 is 0 Å². The molecule has 0 aliphatic carbocycles. The van der Waals surface area contributed by atoms with Gasteiger partial charge in [-0.25, -0.2) is 0 Å². The molecule has 94 valence electrons. The highest BCUT2D eigenvalue weighted by Gasteiger charge is 2.10. The molecule has 2 N–H and O–H groups in total. The molecule has 0 aliphatic heterocycles. The van der Waals surface area contributed by atoms with Crippen molar-refractivity contribution in [2.75, 3.05) is 13.2 Å². The van der Waals surface area contributed by atoms with E-state index in [4.69, 9.17) is 10.5 Å². The zero-order valence-corrected chi connectivity index (χ0v) is 10.3. The second-order valence-corrected chi connectivity index (χ2v) is 4.09. The van der Waals surface area contributed by atoms with Crippen molar-refractivity contribution in [3.05, 3.63) is 66.0 Å². The highest BCUT2D eigenvalue weighted by atomic mass is 16.5. The molecule has 2 aromatic rings. The molecule has 0 radical (unpaired) electrons. The number of hydrogen-bond acceptors (Lipinski definition) is 3. The predicted octanol–water partition coefficient (Wildman–Crippen LogP) is 2.34. The van der Waals surface area contributed by atoms with E-state index in [1.807, 2.05) is 36.4 Å². The van der Waals surface area contributed by atoms with Crippen molar-refractivity contribution in [2.24, 2.45) is 5.73 Å².